The Kier molecular flexibility index (Phi) is 2.38. The molecular weight excluding hydrogens is 166 g/mol. The van der Waals surface area contributed by atoms with Crippen molar-refractivity contribution >= 4 is 5.97 Å². The Morgan fingerprint density at radius 3 is 2.31 bits per heavy atom. The van der Waals surface area contributed by atoms with Gasteiger partial charge in [0.25, 0.3) is 0 Å². The lowest BCUT2D eigenvalue weighted by atomic mass is 9.91. The van der Waals surface area contributed by atoms with Gasteiger partial charge in [-0.25, -0.2) is 4.79 Å². The lowest BCUT2D eigenvalue weighted by molar-refractivity contribution is 0.0694. The Morgan fingerprint density at radius 1 is 1.38 bits per heavy atom. The number of hydrogen-bond acceptors (Lipinski definition) is 2. The van der Waals surface area contributed by atoms with E-state index in [1.54, 1.807) is 38.1 Å². The number of carboxylic acid groups (broad SMARTS) is 1. The highest BCUT2D eigenvalue weighted by atomic mass is 16.4. The molecule has 0 saturated carbocycles. The summed E-state index contributed by atoms with van der Waals surface area (Å²) in [6.45, 7) is 3.57. The smallest absolute Gasteiger partial charge is 0.336 e. The molecule has 0 heterocycles. The van der Waals surface area contributed by atoms with E-state index >= 15 is 0 Å². The minimum Gasteiger partial charge on any atom is -0.478 e. The Labute approximate surface area is 77.2 Å². The summed E-state index contributed by atoms with van der Waals surface area (Å²) >= 11 is 0. The zero-order valence-electron chi connectivity index (χ0n) is 7.74. The van der Waals surface area contributed by atoms with Crippen LogP contribution < -0.4 is 5.73 Å². The molecule has 1 aromatic carbocycles. The normalized spacial score (nSPS) is 11.3. The molecule has 0 atom stereocenters. The van der Waals surface area contributed by atoms with Crippen molar-refractivity contribution in [3.63, 3.8) is 0 Å². The fraction of sp³-hybridized carbons (Fsp3) is 0.300. The Bertz CT molecular complexity index is 326. The summed E-state index contributed by atoms with van der Waals surface area (Å²) in [7, 11) is 0. The maximum absolute atomic E-state index is 10.8. The van der Waals surface area contributed by atoms with Gasteiger partial charge in [-0.2, -0.15) is 0 Å². The average molecular weight is 179 g/mol. The van der Waals surface area contributed by atoms with Gasteiger partial charge in [0.1, 0.15) is 0 Å². The zero-order valence-corrected chi connectivity index (χ0v) is 7.74. The number of carbonyl (C=O) groups is 1. The number of nitrogens with two attached hydrogens (primary N) is 1. The summed E-state index contributed by atoms with van der Waals surface area (Å²) in [5.74, 6) is -0.936. The minimum atomic E-state index is -0.936. The molecule has 0 radical (unpaired) electrons. The highest BCUT2D eigenvalue weighted by molar-refractivity contribution is 5.89. The molecule has 0 saturated heterocycles. The van der Waals surface area contributed by atoms with Crippen LogP contribution in [-0.4, -0.2) is 11.1 Å². The number of benzene rings is 1. The molecule has 3 nitrogen and oxygen atoms in total. The van der Waals surface area contributed by atoms with Gasteiger partial charge in [-0.05, 0) is 25.5 Å². The monoisotopic (exact) mass is 179 g/mol. The van der Waals surface area contributed by atoms with Crippen LogP contribution in [0.25, 0.3) is 0 Å². The molecule has 0 aliphatic rings. The first kappa shape index (κ1) is 9.74. The van der Waals surface area contributed by atoms with Gasteiger partial charge in [-0.1, -0.05) is 18.2 Å². The van der Waals surface area contributed by atoms with Crippen molar-refractivity contribution in [3.05, 3.63) is 35.4 Å². The van der Waals surface area contributed by atoms with Crippen LogP contribution in [0.1, 0.15) is 29.8 Å². The summed E-state index contributed by atoms with van der Waals surface area (Å²) in [6.07, 6.45) is 0. The SMILES string of the molecule is CC(C)(N)c1ccccc1C(=O)O. The van der Waals surface area contributed by atoms with Gasteiger partial charge in [0.2, 0.25) is 0 Å². The Hall–Kier alpha value is -1.35. The van der Waals surface area contributed by atoms with Crippen molar-refractivity contribution in [2.45, 2.75) is 19.4 Å². The maximum atomic E-state index is 10.8. The second-order valence-electron chi connectivity index (χ2n) is 3.57. The second-order valence-corrected chi connectivity index (χ2v) is 3.57. The van der Waals surface area contributed by atoms with Gasteiger partial charge >= 0.3 is 5.97 Å². The predicted molar refractivity (Wildman–Crippen MR) is 50.6 cm³/mol. The van der Waals surface area contributed by atoms with Crippen LogP contribution in [0, 0.1) is 0 Å². The topological polar surface area (TPSA) is 63.3 Å². The number of rotatable bonds is 2. The van der Waals surface area contributed by atoms with Crippen molar-refractivity contribution in [1.29, 1.82) is 0 Å². The van der Waals surface area contributed by atoms with Crippen molar-refractivity contribution in [3.8, 4) is 0 Å². The molecule has 0 aromatic heterocycles. The summed E-state index contributed by atoms with van der Waals surface area (Å²) in [4.78, 5) is 10.8. The van der Waals surface area contributed by atoms with E-state index in [1.807, 2.05) is 0 Å². The summed E-state index contributed by atoms with van der Waals surface area (Å²) in [6, 6.07) is 6.78. The molecule has 1 aromatic rings. The summed E-state index contributed by atoms with van der Waals surface area (Å²) < 4.78 is 0. The Balaban J connectivity index is 3.28. The molecule has 0 aliphatic heterocycles. The van der Waals surface area contributed by atoms with Crippen LogP contribution in [0.2, 0.25) is 0 Å². The standard InChI is InChI=1S/C10H13NO2/c1-10(2,11)8-6-4-3-5-7(8)9(12)13/h3-6H,11H2,1-2H3,(H,12,13). The van der Waals surface area contributed by atoms with Crippen LogP contribution in [0.3, 0.4) is 0 Å². The van der Waals surface area contributed by atoms with E-state index in [9.17, 15) is 4.79 Å². The van der Waals surface area contributed by atoms with Gasteiger partial charge < -0.3 is 10.8 Å². The zero-order chi connectivity index (χ0) is 10.1. The first-order valence-electron chi connectivity index (χ1n) is 4.04. The molecule has 1 rings (SSSR count). The fourth-order valence-electron chi connectivity index (χ4n) is 1.23. The summed E-state index contributed by atoms with van der Waals surface area (Å²) in [5, 5.41) is 8.87. The number of carboxylic acids is 1. The maximum Gasteiger partial charge on any atom is 0.336 e. The molecule has 13 heavy (non-hydrogen) atoms. The van der Waals surface area contributed by atoms with Gasteiger partial charge in [0.15, 0.2) is 0 Å². The quantitative estimate of drug-likeness (QED) is 0.724. The highest BCUT2D eigenvalue weighted by Crippen LogP contribution is 2.20. The van der Waals surface area contributed by atoms with E-state index in [1.165, 1.54) is 0 Å². The molecule has 0 fully saturated rings. The van der Waals surface area contributed by atoms with Gasteiger partial charge in [0, 0.05) is 5.54 Å². The summed E-state index contributed by atoms with van der Waals surface area (Å²) in [5.41, 5.74) is 6.14. The van der Waals surface area contributed by atoms with Crippen LogP contribution in [0.5, 0.6) is 0 Å². The van der Waals surface area contributed by atoms with E-state index in [4.69, 9.17) is 10.8 Å². The van der Waals surface area contributed by atoms with E-state index in [-0.39, 0.29) is 5.56 Å². The molecule has 0 amide bonds. The van der Waals surface area contributed by atoms with Crippen molar-refractivity contribution in [1.82, 2.24) is 0 Å². The molecular formula is C10H13NO2. The van der Waals surface area contributed by atoms with E-state index in [2.05, 4.69) is 0 Å². The van der Waals surface area contributed by atoms with Crippen molar-refractivity contribution in [2.75, 3.05) is 0 Å². The Morgan fingerprint density at radius 2 is 1.92 bits per heavy atom. The van der Waals surface area contributed by atoms with Crippen molar-refractivity contribution in [2.24, 2.45) is 5.73 Å². The van der Waals surface area contributed by atoms with Gasteiger partial charge in [-0.15, -0.1) is 0 Å². The fourth-order valence-corrected chi connectivity index (χ4v) is 1.23. The highest BCUT2D eigenvalue weighted by Gasteiger charge is 2.20. The molecule has 0 aliphatic carbocycles. The van der Waals surface area contributed by atoms with Crippen LogP contribution in [0.15, 0.2) is 24.3 Å². The molecule has 0 bridgehead atoms. The third kappa shape index (κ3) is 2.06. The van der Waals surface area contributed by atoms with Gasteiger partial charge in [-0.3, -0.25) is 0 Å². The lowest BCUT2D eigenvalue weighted by Gasteiger charge is -2.20. The lowest BCUT2D eigenvalue weighted by Crippen LogP contribution is -2.30. The largest absolute Gasteiger partial charge is 0.478 e. The van der Waals surface area contributed by atoms with E-state index < -0.39 is 11.5 Å². The number of aromatic carboxylic acids is 1. The third-order valence-electron chi connectivity index (χ3n) is 1.85. The van der Waals surface area contributed by atoms with Crippen molar-refractivity contribution < 1.29 is 9.90 Å². The molecule has 0 unspecified atom stereocenters. The molecule has 0 spiro atoms. The molecule has 3 N–H and O–H groups in total. The van der Waals surface area contributed by atoms with Crippen LogP contribution >= 0.6 is 0 Å². The van der Waals surface area contributed by atoms with E-state index in [0.717, 1.165) is 0 Å². The first-order valence-corrected chi connectivity index (χ1v) is 4.04. The molecule has 70 valence electrons. The minimum absolute atomic E-state index is 0.273. The third-order valence-corrected chi connectivity index (χ3v) is 1.85. The second kappa shape index (κ2) is 3.18. The molecule has 3 heteroatoms. The van der Waals surface area contributed by atoms with Crippen LogP contribution in [-0.2, 0) is 5.54 Å². The van der Waals surface area contributed by atoms with E-state index in [0.29, 0.717) is 5.56 Å². The first-order chi connectivity index (χ1) is 5.93. The number of hydrogen-bond donors (Lipinski definition) is 2. The van der Waals surface area contributed by atoms with Crippen LogP contribution in [0.4, 0.5) is 0 Å². The average Bonchev–Trinajstić information content (AvgIpc) is 2.03. The predicted octanol–water partition coefficient (Wildman–Crippen LogP) is 1.58. The van der Waals surface area contributed by atoms with Gasteiger partial charge in [0.05, 0.1) is 5.56 Å².